The van der Waals surface area contributed by atoms with Gasteiger partial charge < -0.3 is 39.7 Å². The lowest BCUT2D eigenvalue weighted by molar-refractivity contribution is -0.277. The minimum Gasteiger partial charge on any atom is -0.486 e. The Balaban J connectivity index is 1.88. The van der Waals surface area contributed by atoms with E-state index < -0.39 is 43.3 Å². The van der Waals surface area contributed by atoms with Crippen LogP contribution in [0.1, 0.15) is 22.8 Å². The molecular formula is C16H20O9. The standard InChI is InChI=1S/C16H20O9/c1-6-4-8-7(15(21)22)2-3-9(14(8)23-6)24-16-13(20)12(19)11(18)10(5-17)25-16/h2-3,6,10-13,16-20H,4-5H2,1H3,(H,21,22)/t6?,10-,11-,12+,13-,16+/m1/s1. The summed E-state index contributed by atoms with van der Waals surface area (Å²) in [5.41, 5.74) is 0.572. The van der Waals surface area contributed by atoms with Crippen molar-refractivity contribution in [2.45, 2.75) is 50.2 Å². The van der Waals surface area contributed by atoms with Gasteiger partial charge in [-0.3, -0.25) is 0 Å². The maximum atomic E-state index is 11.3. The number of ether oxygens (including phenoxy) is 3. The summed E-state index contributed by atoms with van der Waals surface area (Å²) >= 11 is 0. The van der Waals surface area contributed by atoms with Gasteiger partial charge in [-0.05, 0) is 19.1 Å². The highest BCUT2D eigenvalue weighted by molar-refractivity contribution is 5.91. The Morgan fingerprint density at radius 1 is 1.24 bits per heavy atom. The highest BCUT2D eigenvalue weighted by Crippen LogP contribution is 2.41. The van der Waals surface area contributed by atoms with Crippen LogP contribution in [0.5, 0.6) is 11.5 Å². The molecule has 5 N–H and O–H groups in total. The van der Waals surface area contributed by atoms with Crippen molar-refractivity contribution in [3.63, 3.8) is 0 Å². The first-order chi connectivity index (χ1) is 11.8. The summed E-state index contributed by atoms with van der Waals surface area (Å²) in [6.45, 7) is 1.21. The third-order valence-corrected chi connectivity index (χ3v) is 4.36. The number of aliphatic hydroxyl groups excluding tert-OH is 4. The molecule has 0 radical (unpaired) electrons. The molecule has 1 aromatic rings. The van der Waals surface area contributed by atoms with Crippen LogP contribution in [0.4, 0.5) is 0 Å². The Morgan fingerprint density at radius 3 is 2.60 bits per heavy atom. The quantitative estimate of drug-likeness (QED) is 0.453. The summed E-state index contributed by atoms with van der Waals surface area (Å²) in [5.74, 6) is -0.702. The fraction of sp³-hybridized carbons (Fsp3) is 0.562. The normalized spacial score (nSPS) is 34.3. The van der Waals surface area contributed by atoms with Crippen molar-refractivity contribution in [1.29, 1.82) is 0 Å². The van der Waals surface area contributed by atoms with Gasteiger partial charge in [0.25, 0.3) is 0 Å². The summed E-state index contributed by atoms with van der Waals surface area (Å²) in [6, 6.07) is 2.74. The molecule has 2 aliphatic rings. The van der Waals surface area contributed by atoms with Gasteiger partial charge in [-0.2, -0.15) is 0 Å². The van der Waals surface area contributed by atoms with E-state index in [4.69, 9.17) is 14.2 Å². The zero-order valence-corrected chi connectivity index (χ0v) is 13.4. The van der Waals surface area contributed by atoms with E-state index in [1.165, 1.54) is 12.1 Å². The summed E-state index contributed by atoms with van der Waals surface area (Å²) in [4.78, 5) is 11.3. The van der Waals surface area contributed by atoms with Crippen molar-refractivity contribution < 1.29 is 44.5 Å². The van der Waals surface area contributed by atoms with Gasteiger partial charge in [-0.1, -0.05) is 0 Å². The highest BCUT2D eigenvalue weighted by atomic mass is 16.7. The van der Waals surface area contributed by atoms with Crippen molar-refractivity contribution in [3.8, 4) is 11.5 Å². The van der Waals surface area contributed by atoms with Crippen LogP contribution in [-0.2, 0) is 11.2 Å². The Labute approximate surface area is 143 Å². The fourth-order valence-corrected chi connectivity index (χ4v) is 3.05. The molecule has 0 amide bonds. The number of rotatable bonds is 4. The third-order valence-electron chi connectivity index (χ3n) is 4.36. The number of carboxylic acids is 1. The maximum Gasteiger partial charge on any atom is 0.336 e. The maximum absolute atomic E-state index is 11.3. The van der Waals surface area contributed by atoms with Crippen LogP contribution in [0, 0.1) is 0 Å². The van der Waals surface area contributed by atoms with Crippen LogP contribution >= 0.6 is 0 Å². The van der Waals surface area contributed by atoms with Crippen LogP contribution in [0.2, 0.25) is 0 Å². The molecule has 1 fully saturated rings. The average Bonchev–Trinajstić information content (AvgIpc) is 2.96. The van der Waals surface area contributed by atoms with E-state index in [0.29, 0.717) is 12.0 Å². The molecule has 1 saturated heterocycles. The SMILES string of the molecule is CC1Cc2c(C(=O)O)ccc(O[C@H]3O[C@H](CO)[C@@H](O)[C@H](O)[C@H]3O)c2O1. The van der Waals surface area contributed by atoms with E-state index in [1.807, 2.05) is 0 Å². The van der Waals surface area contributed by atoms with Crippen molar-refractivity contribution in [1.82, 2.24) is 0 Å². The molecule has 6 atom stereocenters. The number of hydrogen-bond acceptors (Lipinski definition) is 8. The molecule has 25 heavy (non-hydrogen) atoms. The van der Waals surface area contributed by atoms with Crippen molar-refractivity contribution in [2.75, 3.05) is 6.61 Å². The molecule has 0 saturated carbocycles. The van der Waals surface area contributed by atoms with Gasteiger partial charge in [0.15, 0.2) is 11.5 Å². The van der Waals surface area contributed by atoms with Gasteiger partial charge in [0.05, 0.1) is 12.2 Å². The molecule has 9 nitrogen and oxygen atoms in total. The number of hydrogen-bond donors (Lipinski definition) is 5. The van der Waals surface area contributed by atoms with Crippen LogP contribution < -0.4 is 9.47 Å². The molecule has 9 heteroatoms. The minimum atomic E-state index is -1.57. The molecule has 0 aromatic heterocycles. The molecule has 0 aliphatic carbocycles. The van der Waals surface area contributed by atoms with E-state index in [0.717, 1.165) is 0 Å². The number of carboxylic acid groups (broad SMARTS) is 1. The zero-order chi connectivity index (χ0) is 18.3. The molecule has 0 bridgehead atoms. The summed E-state index contributed by atoms with van der Waals surface area (Å²) in [7, 11) is 0. The Bertz CT molecular complexity index is 659. The molecule has 1 unspecified atom stereocenters. The fourth-order valence-electron chi connectivity index (χ4n) is 3.05. The van der Waals surface area contributed by atoms with Gasteiger partial charge >= 0.3 is 5.97 Å². The smallest absolute Gasteiger partial charge is 0.336 e. The molecule has 1 aromatic carbocycles. The minimum absolute atomic E-state index is 0.0977. The molecule has 138 valence electrons. The van der Waals surface area contributed by atoms with E-state index in [-0.39, 0.29) is 23.2 Å². The number of carbonyl (C=O) groups is 1. The first-order valence-corrected chi connectivity index (χ1v) is 7.86. The molecule has 0 spiro atoms. The highest BCUT2D eigenvalue weighted by Gasteiger charge is 2.45. The van der Waals surface area contributed by atoms with Crippen molar-refractivity contribution >= 4 is 5.97 Å². The van der Waals surface area contributed by atoms with Gasteiger partial charge in [-0.25, -0.2) is 4.79 Å². The first-order valence-electron chi connectivity index (χ1n) is 7.86. The summed E-state index contributed by atoms with van der Waals surface area (Å²) in [5, 5.41) is 48.1. The van der Waals surface area contributed by atoms with Gasteiger partial charge in [0.1, 0.15) is 30.5 Å². The molecular weight excluding hydrogens is 336 g/mol. The van der Waals surface area contributed by atoms with Crippen molar-refractivity contribution in [3.05, 3.63) is 23.3 Å². The lowest BCUT2D eigenvalue weighted by Gasteiger charge is -2.39. The number of benzene rings is 1. The number of fused-ring (bicyclic) bond motifs is 1. The molecule has 2 heterocycles. The molecule has 3 rings (SSSR count). The summed E-state index contributed by atoms with van der Waals surface area (Å²) < 4.78 is 16.5. The van der Waals surface area contributed by atoms with E-state index >= 15 is 0 Å². The molecule has 2 aliphatic heterocycles. The second-order valence-corrected chi connectivity index (χ2v) is 6.17. The predicted octanol–water partition coefficient (Wildman–Crippen LogP) is -1.11. The van der Waals surface area contributed by atoms with Gasteiger partial charge in [-0.15, -0.1) is 0 Å². The van der Waals surface area contributed by atoms with Crippen molar-refractivity contribution in [2.24, 2.45) is 0 Å². The van der Waals surface area contributed by atoms with Gasteiger partial charge in [0, 0.05) is 12.0 Å². The summed E-state index contributed by atoms with van der Waals surface area (Å²) in [6.07, 6.45) is -6.94. The van der Waals surface area contributed by atoms with E-state index in [9.17, 15) is 30.3 Å². The van der Waals surface area contributed by atoms with Gasteiger partial charge in [0.2, 0.25) is 6.29 Å². The topological polar surface area (TPSA) is 146 Å². The van der Waals surface area contributed by atoms with Crippen LogP contribution in [-0.4, -0.2) is 74.9 Å². The third kappa shape index (κ3) is 3.16. The zero-order valence-electron chi connectivity index (χ0n) is 13.4. The lowest BCUT2D eigenvalue weighted by atomic mass is 9.99. The Morgan fingerprint density at radius 2 is 1.96 bits per heavy atom. The van der Waals surface area contributed by atoms with Crippen LogP contribution in [0.15, 0.2) is 12.1 Å². The Hall–Kier alpha value is -1.91. The van der Waals surface area contributed by atoms with Crippen LogP contribution in [0.25, 0.3) is 0 Å². The van der Waals surface area contributed by atoms with E-state index in [1.54, 1.807) is 6.92 Å². The second-order valence-electron chi connectivity index (χ2n) is 6.17. The van der Waals surface area contributed by atoms with E-state index in [2.05, 4.69) is 0 Å². The first kappa shape index (κ1) is 17.9. The number of aliphatic hydroxyl groups is 4. The van der Waals surface area contributed by atoms with Crippen LogP contribution in [0.3, 0.4) is 0 Å². The number of aromatic carboxylic acids is 1. The Kier molecular flexibility index (Phi) is 4.85. The average molecular weight is 356 g/mol. The predicted molar refractivity (Wildman–Crippen MR) is 81.6 cm³/mol. The monoisotopic (exact) mass is 356 g/mol. The largest absolute Gasteiger partial charge is 0.486 e. The second kappa shape index (κ2) is 6.77. The lowest BCUT2D eigenvalue weighted by Crippen LogP contribution is -2.60.